The highest BCUT2D eigenvalue weighted by molar-refractivity contribution is 5.95. The summed E-state index contributed by atoms with van der Waals surface area (Å²) < 4.78 is 7.84. The third-order valence-electron chi connectivity index (χ3n) is 9.94. The monoisotopic (exact) mass is 671 g/mol. The predicted molar refractivity (Wildman–Crippen MR) is 197 cm³/mol. The van der Waals surface area contributed by atoms with Crippen LogP contribution < -0.4 is 10.2 Å². The van der Waals surface area contributed by atoms with Gasteiger partial charge in [-0.2, -0.15) is 5.10 Å². The minimum atomic E-state index is -0.560. The van der Waals surface area contributed by atoms with Crippen molar-refractivity contribution < 1.29 is 19.1 Å². The number of carbonyl (C=O) groups excluding carboxylic acids is 3. The first-order chi connectivity index (χ1) is 23.3. The van der Waals surface area contributed by atoms with Crippen LogP contribution in [0.1, 0.15) is 125 Å². The third kappa shape index (κ3) is 10.0. The number of fused-ring (bicyclic) bond motifs is 1. The van der Waals surface area contributed by atoms with Gasteiger partial charge in [-0.15, -0.1) is 0 Å². The van der Waals surface area contributed by atoms with Gasteiger partial charge in [0.1, 0.15) is 12.4 Å². The molecule has 0 bridgehead atoms. The van der Waals surface area contributed by atoms with E-state index in [2.05, 4.69) is 32.2 Å². The van der Waals surface area contributed by atoms with Crippen LogP contribution in [0.4, 0.5) is 5.69 Å². The second-order valence-corrected chi connectivity index (χ2v) is 14.4. The quantitative estimate of drug-likeness (QED) is 0.157. The van der Waals surface area contributed by atoms with E-state index in [1.54, 1.807) is 23.6 Å². The molecule has 0 spiro atoms. The number of ether oxygens (including phenoxy) is 1. The first kappa shape index (κ1) is 37.8. The molecule has 0 aliphatic carbocycles. The van der Waals surface area contributed by atoms with Gasteiger partial charge in [0.2, 0.25) is 5.91 Å². The Balaban J connectivity index is 1.26. The van der Waals surface area contributed by atoms with Crippen molar-refractivity contribution in [2.24, 2.45) is 13.0 Å². The zero-order valence-corrected chi connectivity index (χ0v) is 31.0. The number of anilines is 1. The molecular weight excluding hydrogens is 614 g/mol. The number of hydrogen-bond donors (Lipinski definition) is 1. The average molecular weight is 672 g/mol. The van der Waals surface area contributed by atoms with Crippen LogP contribution in [0.5, 0.6) is 0 Å². The van der Waals surface area contributed by atoms with Crippen molar-refractivity contribution in [3.63, 3.8) is 0 Å². The van der Waals surface area contributed by atoms with E-state index in [9.17, 15) is 14.4 Å². The molecule has 0 fully saturated rings. The minimum Gasteiger partial charge on any atom is -0.355 e. The molecule has 9 heteroatoms. The summed E-state index contributed by atoms with van der Waals surface area (Å²) >= 11 is 0. The Morgan fingerprint density at radius 1 is 1.02 bits per heavy atom. The molecule has 9 nitrogen and oxygen atoms in total. The van der Waals surface area contributed by atoms with Gasteiger partial charge in [0.15, 0.2) is 0 Å². The lowest BCUT2D eigenvalue weighted by Crippen LogP contribution is -2.38. The van der Waals surface area contributed by atoms with Crippen molar-refractivity contribution in [1.29, 1.82) is 0 Å². The summed E-state index contributed by atoms with van der Waals surface area (Å²) in [5, 5.41) is 7.77. The summed E-state index contributed by atoms with van der Waals surface area (Å²) in [4.78, 5) is 41.8. The standard InChI is InChI=1S/C40H57N5O4/c1-9-12-31(15-14-28(3)10-2)35-26-37(44(8)42-35)38(47)41-23-22-40(5,6)49-27-43(7)39(48)32-18-16-30(17-19-32)33-20-21-36-34(25-33)13-11-24-45(36)29(4)46/h16-21,25-26,28,31H,9-15,22-24,27H2,1-8H3,(H,41,47). The van der Waals surface area contributed by atoms with Gasteiger partial charge in [0.05, 0.1) is 11.3 Å². The third-order valence-corrected chi connectivity index (χ3v) is 9.94. The van der Waals surface area contributed by atoms with Crippen LogP contribution in [-0.4, -0.2) is 64.9 Å². The van der Waals surface area contributed by atoms with Crippen LogP contribution in [0.2, 0.25) is 0 Å². The van der Waals surface area contributed by atoms with Gasteiger partial charge in [0.25, 0.3) is 11.8 Å². The minimum absolute atomic E-state index is 0.0671. The van der Waals surface area contributed by atoms with Gasteiger partial charge >= 0.3 is 0 Å². The molecule has 1 aromatic heterocycles. The number of amides is 3. The Morgan fingerprint density at radius 2 is 1.73 bits per heavy atom. The summed E-state index contributed by atoms with van der Waals surface area (Å²) in [7, 11) is 3.56. The first-order valence-corrected chi connectivity index (χ1v) is 18.1. The Bertz CT molecular complexity index is 1580. The molecule has 3 aromatic rings. The molecule has 2 atom stereocenters. The fourth-order valence-corrected chi connectivity index (χ4v) is 6.48. The second-order valence-electron chi connectivity index (χ2n) is 14.4. The Morgan fingerprint density at radius 3 is 2.41 bits per heavy atom. The van der Waals surface area contributed by atoms with Crippen LogP contribution in [0, 0.1) is 5.92 Å². The van der Waals surface area contributed by atoms with Gasteiger partial charge < -0.3 is 19.9 Å². The van der Waals surface area contributed by atoms with Crippen molar-refractivity contribution in [2.75, 3.05) is 31.8 Å². The molecule has 2 unspecified atom stereocenters. The van der Waals surface area contributed by atoms with Crippen LogP contribution in [0.3, 0.4) is 0 Å². The zero-order valence-electron chi connectivity index (χ0n) is 31.0. The number of rotatable bonds is 16. The molecule has 0 radical (unpaired) electrons. The Hall–Kier alpha value is -3.98. The molecule has 0 saturated carbocycles. The lowest BCUT2D eigenvalue weighted by Gasteiger charge is -2.29. The van der Waals surface area contributed by atoms with Crippen LogP contribution in [0.15, 0.2) is 48.5 Å². The number of nitrogens with zero attached hydrogens (tertiary/aromatic N) is 4. The maximum absolute atomic E-state index is 13.2. The molecule has 2 aromatic carbocycles. The number of aryl methyl sites for hydroxylation is 2. The molecule has 2 heterocycles. The van der Waals surface area contributed by atoms with E-state index in [-0.39, 0.29) is 24.5 Å². The largest absolute Gasteiger partial charge is 0.355 e. The van der Waals surface area contributed by atoms with Crippen molar-refractivity contribution in [3.05, 3.63) is 71.0 Å². The first-order valence-electron chi connectivity index (χ1n) is 18.1. The van der Waals surface area contributed by atoms with E-state index >= 15 is 0 Å². The molecule has 1 aliphatic heterocycles. The van der Waals surface area contributed by atoms with Crippen LogP contribution in [0.25, 0.3) is 11.1 Å². The van der Waals surface area contributed by atoms with Crippen LogP contribution in [-0.2, 0) is 23.0 Å². The summed E-state index contributed by atoms with van der Waals surface area (Å²) in [6, 6.07) is 15.8. The zero-order chi connectivity index (χ0) is 35.7. The molecular formula is C40H57N5O4. The molecule has 0 saturated heterocycles. The highest BCUT2D eigenvalue weighted by Crippen LogP contribution is 2.32. The fraction of sp³-hybridized carbons (Fsp3) is 0.550. The Labute approximate surface area is 293 Å². The maximum atomic E-state index is 13.2. The SMILES string of the molecule is CCCC(CCC(C)CC)c1cc(C(=O)NCCC(C)(C)OCN(C)C(=O)c2ccc(-c3ccc4c(c3)CCCN4C(C)=O)cc2)n(C)n1. The lowest BCUT2D eigenvalue weighted by atomic mass is 9.90. The topological polar surface area (TPSA) is 96.8 Å². The number of aromatic nitrogens is 2. The highest BCUT2D eigenvalue weighted by atomic mass is 16.5. The maximum Gasteiger partial charge on any atom is 0.269 e. The lowest BCUT2D eigenvalue weighted by molar-refractivity contribution is -0.116. The smallest absolute Gasteiger partial charge is 0.269 e. The molecule has 1 aliphatic rings. The Kier molecular flexibility index (Phi) is 13.2. The number of hydrogen-bond acceptors (Lipinski definition) is 5. The normalized spacial score (nSPS) is 14.2. The van der Waals surface area contributed by atoms with E-state index in [0.29, 0.717) is 36.1 Å². The van der Waals surface area contributed by atoms with E-state index < -0.39 is 5.60 Å². The van der Waals surface area contributed by atoms with Crippen LogP contribution >= 0.6 is 0 Å². The van der Waals surface area contributed by atoms with Gasteiger partial charge in [-0.3, -0.25) is 19.1 Å². The van der Waals surface area contributed by atoms with Crippen molar-refractivity contribution >= 4 is 23.4 Å². The molecule has 1 N–H and O–H groups in total. The van der Waals surface area contributed by atoms with E-state index in [0.717, 1.165) is 61.2 Å². The number of carbonyl (C=O) groups is 3. The summed E-state index contributed by atoms with van der Waals surface area (Å²) in [6.45, 7) is 13.6. The molecule has 266 valence electrons. The van der Waals surface area contributed by atoms with Crippen molar-refractivity contribution in [1.82, 2.24) is 20.0 Å². The average Bonchev–Trinajstić information content (AvgIpc) is 3.49. The molecule has 4 rings (SSSR count). The number of nitrogens with one attached hydrogen (secondary N) is 1. The second kappa shape index (κ2) is 17.1. The summed E-state index contributed by atoms with van der Waals surface area (Å²) in [5.74, 6) is 0.855. The van der Waals surface area contributed by atoms with Gasteiger partial charge in [-0.1, -0.05) is 58.2 Å². The molecule has 49 heavy (non-hydrogen) atoms. The van der Waals surface area contributed by atoms with Gasteiger partial charge in [-0.05, 0) is 98.9 Å². The molecule has 3 amide bonds. The van der Waals surface area contributed by atoms with E-state index in [4.69, 9.17) is 9.84 Å². The predicted octanol–water partition coefficient (Wildman–Crippen LogP) is 7.74. The fourth-order valence-electron chi connectivity index (χ4n) is 6.48. The van der Waals surface area contributed by atoms with Gasteiger partial charge in [-0.25, -0.2) is 0 Å². The van der Waals surface area contributed by atoms with Crippen molar-refractivity contribution in [2.45, 2.75) is 104 Å². The highest BCUT2D eigenvalue weighted by Gasteiger charge is 2.24. The van der Waals surface area contributed by atoms with E-state index in [1.165, 1.54) is 18.4 Å². The van der Waals surface area contributed by atoms with Crippen molar-refractivity contribution in [3.8, 4) is 11.1 Å². The summed E-state index contributed by atoms with van der Waals surface area (Å²) in [5.41, 5.74) is 5.85. The van der Waals surface area contributed by atoms with E-state index in [1.807, 2.05) is 68.3 Å². The van der Waals surface area contributed by atoms with Gasteiger partial charge in [0, 0.05) is 51.3 Å². The number of benzene rings is 2. The summed E-state index contributed by atoms with van der Waals surface area (Å²) in [6.07, 6.45) is 8.07.